The first kappa shape index (κ1) is 17.4. The van der Waals surface area contributed by atoms with Crippen molar-refractivity contribution in [3.8, 4) is 0 Å². The van der Waals surface area contributed by atoms with Crippen molar-refractivity contribution in [1.29, 1.82) is 0 Å². The molecule has 1 heterocycles. The number of unbranched alkanes of at least 4 members (excludes halogenated alkanes) is 5. The standard InChI is InChI=1S/C16H25NO4/c1-2-9-16(20)21-13-8-6-4-3-5-7-12-17-14(18)10-11-15(17)19/h2,9H,3-8,10-13H2,1H3. The monoisotopic (exact) mass is 295 g/mol. The van der Waals surface area contributed by atoms with Gasteiger partial charge in [0.25, 0.3) is 0 Å². The van der Waals surface area contributed by atoms with Crippen molar-refractivity contribution >= 4 is 17.8 Å². The maximum absolute atomic E-state index is 11.4. The van der Waals surface area contributed by atoms with Gasteiger partial charge in [-0.2, -0.15) is 0 Å². The van der Waals surface area contributed by atoms with Gasteiger partial charge in [-0.1, -0.05) is 31.8 Å². The van der Waals surface area contributed by atoms with Crippen LogP contribution in [-0.2, 0) is 19.1 Å². The fourth-order valence-electron chi connectivity index (χ4n) is 2.31. The highest BCUT2D eigenvalue weighted by molar-refractivity contribution is 6.01. The first-order chi connectivity index (χ1) is 10.1. The van der Waals surface area contributed by atoms with Crippen molar-refractivity contribution in [2.75, 3.05) is 13.2 Å². The first-order valence-corrected chi connectivity index (χ1v) is 7.78. The molecular weight excluding hydrogens is 270 g/mol. The van der Waals surface area contributed by atoms with Crippen LogP contribution in [0, 0.1) is 0 Å². The van der Waals surface area contributed by atoms with E-state index in [1.165, 1.54) is 11.0 Å². The third-order valence-corrected chi connectivity index (χ3v) is 3.48. The molecule has 0 radical (unpaired) electrons. The summed E-state index contributed by atoms with van der Waals surface area (Å²) in [6, 6.07) is 0. The molecule has 0 spiro atoms. The normalized spacial score (nSPS) is 15.2. The van der Waals surface area contributed by atoms with Gasteiger partial charge in [-0.3, -0.25) is 14.5 Å². The zero-order valence-electron chi connectivity index (χ0n) is 12.8. The minimum absolute atomic E-state index is 0.0251. The quantitative estimate of drug-likeness (QED) is 0.269. The molecule has 2 amide bonds. The Morgan fingerprint density at radius 1 is 1.05 bits per heavy atom. The van der Waals surface area contributed by atoms with Gasteiger partial charge in [-0.05, 0) is 19.8 Å². The smallest absolute Gasteiger partial charge is 0.330 e. The molecule has 5 nitrogen and oxygen atoms in total. The Morgan fingerprint density at radius 3 is 2.24 bits per heavy atom. The van der Waals surface area contributed by atoms with E-state index < -0.39 is 0 Å². The molecule has 0 N–H and O–H groups in total. The summed E-state index contributed by atoms with van der Waals surface area (Å²) in [7, 11) is 0. The van der Waals surface area contributed by atoms with Gasteiger partial charge in [0.05, 0.1) is 6.61 Å². The summed E-state index contributed by atoms with van der Waals surface area (Å²) in [6.45, 7) is 2.82. The van der Waals surface area contributed by atoms with E-state index in [0.29, 0.717) is 26.0 Å². The second kappa shape index (κ2) is 10.1. The summed E-state index contributed by atoms with van der Waals surface area (Å²) in [6.07, 6.45) is 9.83. The molecule has 118 valence electrons. The van der Waals surface area contributed by atoms with Gasteiger partial charge in [0.1, 0.15) is 0 Å². The van der Waals surface area contributed by atoms with Crippen LogP contribution in [0.5, 0.6) is 0 Å². The van der Waals surface area contributed by atoms with Gasteiger partial charge < -0.3 is 4.74 Å². The molecule has 1 aliphatic rings. The highest BCUT2D eigenvalue weighted by atomic mass is 16.5. The highest BCUT2D eigenvalue weighted by Gasteiger charge is 2.27. The van der Waals surface area contributed by atoms with Gasteiger partial charge in [-0.25, -0.2) is 4.79 Å². The van der Waals surface area contributed by atoms with Gasteiger partial charge in [0.15, 0.2) is 0 Å². The van der Waals surface area contributed by atoms with Gasteiger partial charge in [0.2, 0.25) is 11.8 Å². The number of nitrogens with zero attached hydrogens (tertiary/aromatic N) is 1. The summed E-state index contributed by atoms with van der Waals surface area (Å²) < 4.78 is 4.99. The highest BCUT2D eigenvalue weighted by Crippen LogP contribution is 2.13. The molecule has 0 aromatic heterocycles. The number of amides is 2. The number of esters is 1. The van der Waals surface area contributed by atoms with Gasteiger partial charge >= 0.3 is 5.97 Å². The third-order valence-electron chi connectivity index (χ3n) is 3.48. The number of hydrogen-bond donors (Lipinski definition) is 0. The van der Waals surface area contributed by atoms with E-state index in [9.17, 15) is 14.4 Å². The summed E-state index contributed by atoms with van der Waals surface area (Å²) in [5, 5.41) is 0. The van der Waals surface area contributed by atoms with E-state index in [2.05, 4.69) is 0 Å². The first-order valence-electron chi connectivity index (χ1n) is 7.78. The van der Waals surface area contributed by atoms with Crippen LogP contribution >= 0.6 is 0 Å². The van der Waals surface area contributed by atoms with Crippen LogP contribution in [-0.4, -0.2) is 35.8 Å². The van der Waals surface area contributed by atoms with E-state index in [1.807, 2.05) is 0 Å². The average Bonchev–Trinajstić information content (AvgIpc) is 2.77. The number of likely N-dealkylation sites (tertiary alicyclic amines) is 1. The molecule has 1 aliphatic heterocycles. The molecule has 0 aliphatic carbocycles. The molecule has 0 aromatic carbocycles. The zero-order valence-corrected chi connectivity index (χ0v) is 12.8. The minimum atomic E-state index is -0.280. The molecule has 0 atom stereocenters. The van der Waals surface area contributed by atoms with Gasteiger partial charge in [-0.15, -0.1) is 0 Å². The number of carbonyl (C=O) groups is 3. The fourth-order valence-corrected chi connectivity index (χ4v) is 2.31. The van der Waals surface area contributed by atoms with Crippen molar-refractivity contribution in [2.45, 2.75) is 58.3 Å². The SMILES string of the molecule is CC=CC(=O)OCCCCCCCCN1C(=O)CCC1=O. The minimum Gasteiger partial charge on any atom is -0.463 e. The number of ether oxygens (including phenoxy) is 1. The predicted molar refractivity (Wildman–Crippen MR) is 79.4 cm³/mol. The van der Waals surface area contributed by atoms with Crippen LogP contribution in [0.2, 0.25) is 0 Å². The lowest BCUT2D eigenvalue weighted by Crippen LogP contribution is -2.29. The molecule has 5 heteroatoms. The number of imide groups is 1. The second-order valence-corrected chi connectivity index (χ2v) is 5.23. The molecule has 21 heavy (non-hydrogen) atoms. The van der Waals surface area contributed by atoms with Gasteiger partial charge in [0, 0.05) is 25.5 Å². The fraction of sp³-hybridized carbons (Fsp3) is 0.688. The van der Waals surface area contributed by atoms with Crippen LogP contribution in [0.4, 0.5) is 0 Å². The Kier molecular flexibility index (Phi) is 8.40. The van der Waals surface area contributed by atoms with Crippen LogP contribution < -0.4 is 0 Å². The summed E-state index contributed by atoms with van der Waals surface area (Å²) in [4.78, 5) is 35.2. The second-order valence-electron chi connectivity index (χ2n) is 5.23. The lowest BCUT2D eigenvalue weighted by atomic mass is 10.1. The Labute approximate surface area is 126 Å². The Morgan fingerprint density at radius 2 is 1.62 bits per heavy atom. The van der Waals surface area contributed by atoms with E-state index in [-0.39, 0.29) is 17.8 Å². The van der Waals surface area contributed by atoms with E-state index in [1.54, 1.807) is 13.0 Å². The number of allylic oxidation sites excluding steroid dienone is 1. The van der Waals surface area contributed by atoms with Crippen molar-refractivity contribution < 1.29 is 19.1 Å². The van der Waals surface area contributed by atoms with E-state index in [4.69, 9.17) is 4.74 Å². The topological polar surface area (TPSA) is 63.7 Å². The Hall–Kier alpha value is -1.65. The Bertz CT molecular complexity index is 374. The number of rotatable bonds is 10. The van der Waals surface area contributed by atoms with Crippen LogP contribution in [0.3, 0.4) is 0 Å². The van der Waals surface area contributed by atoms with Crippen molar-refractivity contribution in [3.63, 3.8) is 0 Å². The van der Waals surface area contributed by atoms with Crippen LogP contribution in [0.15, 0.2) is 12.2 Å². The third kappa shape index (κ3) is 7.06. The summed E-state index contributed by atoms with van der Waals surface area (Å²) in [5.41, 5.74) is 0. The predicted octanol–water partition coefficient (Wildman–Crippen LogP) is 2.60. The van der Waals surface area contributed by atoms with Crippen molar-refractivity contribution in [2.24, 2.45) is 0 Å². The average molecular weight is 295 g/mol. The molecular formula is C16H25NO4. The van der Waals surface area contributed by atoms with Crippen molar-refractivity contribution in [1.82, 2.24) is 4.90 Å². The largest absolute Gasteiger partial charge is 0.463 e. The van der Waals surface area contributed by atoms with E-state index >= 15 is 0 Å². The number of hydrogen-bond acceptors (Lipinski definition) is 4. The number of carbonyl (C=O) groups excluding carboxylic acids is 3. The van der Waals surface area contributed by atoms with Crippen LogP contribution in [0.25, 0.3) is 0 Å². The molecule has 1 fully saturated rings. The molecule has 0 bridgehead atoms. The van der Waals surface area contributed by atoms with E-state index in [0.717, 1.165) is 38.5 Å². The maximum Gasteiger partial charge on any atom is 0.330 e. The van der Waals surface area contributed by atoms with Crippen molar-refractivity contribution in [3.05, 3.63) is 12.2 Å². The summed E-state index contributed by atoms with van der Waals surface area (Å²) >= 11 is 0. The maximum atomic E-state index is 11.4. The lowest BCUT2D eigenvalue weighted by Gasteiger charge is -2.13. The molecule has 1 rings (SSSR count). The lowest BCUT2D eigenvalue weighted by molar-refractivity contribution is -0.139. The molecule has 1 saturated heterocycles. The van der Waals surface area contributed by atoms with Crippen LogP contribution in [0.1, 0.15) is 58.3 Å². The Balaban J connectivity index is 1.90. The summed E-state index contributed by atoms with van der Waals surface area (Å²) in [5.74, 6) is -0.330. The molecule has 0 unspecified atom stereocenters. The zero-order chi connectivity index (χ0) is 15.5. The molecule has 0 saturated carbocycles. The molecule has 0 aromatic rings.